The molecule has 116 valence electrons. The minimum Gasteiger partial charge on any atom is -0.491 e. The predicted molar refractivity (Wildman–Crippen MR) is 82.3 cm³/mol. The number of nitrogens with one attached hydrogen (secondary N) is 1. The van der Waals surface area contributed by atoms with Gasteiger partial charge in [-0.3, -0.25) is 0 Å². The number of benzene rings is 1. The maximum atomic E-state index is 11.5. The van der Waals surface area contributed by atoms with Gasteiger partial charge >= 0.3 is 6.09 Å². The lowest BCUT2D eigenvalue weighted by atomic mass is 10.2. The van der Waals surface area contributed by atoms with Crippen LogP contribution in [0.4, 0.5) is 4.79 Å². The number of aliphatic hydroxyl groups is 1. The fourth-order valence-electron chi connectivity index (χ4n) is 1.55. The van der Waals surface area contributed by atoms with Gasteiger partial charge in [-0.05, 0) is 26.8 Å². The highest BCUT2D eigenvalue weighted by Crippen LogP contribution is 2.19. The van der Waals surface area contributed by atoms with E-state index in [-0.39, 0.29) is 13.2 Å². The molecule has 0 unspecified atom stereocenters. The van der Waals surface area contributed by atoms with Crippen molar-refractivity contribution in [3.63, 3.8) is 0 Å². The average molecular weight is 293 g/mol. The Kier molecular flexibility index (Phi) is 6.75. The van der Waals surface area contributed by atoms with Crippen molar-refractivity contribution in [3.05, 3.63) is 35.9 Å². The molecule has 0 bridgehead atoms. The molecule has 0 radical (unpaired) electrons. The molecule has 0 heterocycles. The largest absolute Gasteiger partial charge is 0.491 e. The van der Waals surface area contributed by atoms with Crippen LogP contribution in [0.15, 0.2) is 30.3 Å². The molecule has 0 fully saturated rings. The Labute approximate surface area is 125 Å². The first-order valence-electron chi connectivity index (χ1n) is 6.88. The molecule has 0 aromatic heterocycles. The fourth-order valence-corrected chi connectivity index (χ4v) is 1.55. The van der Waals surface area contributed by atoms with Gasteiger partial charge in [0, 0.05) is 12.1 Å². The van der Waals surface area contributed by atoms with E-state index in [2.05, 4.69) is 5.32 Å². The number of ether oxygens (including phenoxy) is 2. The average Bonchev–Trinajstić information content (AvgIpc) is 2.40. The van der Waals surface area contributed by atoms with Gasteiger partial charge in [-0.15, -0.1) is 0 Å². The van der Waals surface area contributed by atoms with Crippen LogP contribution in [-0.2, 0) is 4.74 Å². The molecule has 1 rings (SSSR count). The number of carbonyl (C=O) groups excluding carboxylic acids is 1. The summed E-state index contributed by atoms with van der Waals surface area (Å²) in [5.74, 6) is 0.695. The second-order valence-corrected chi connectivity index (χ2v) is 5.40. The van der Waals surface area contributed by atoms with Crippen LogP contribution in [0.5, 0.6) is 5.75 Å². The van der Waals surface area contributed by atoms with E-state index in [9.17, 15) is 4.79 Å². The first-order valence-corrected chi connectivity index (χ1v) is 6.88. The van der Waals surface area contributed by atoms with Crippen LogP contribution < -0.4 is 10.1 Å². The SMILES string of the molecule is CC(C)(C)OC(=O)NC/C=C/c1ccccc1OCCO. The zero-order chi connectivity index (χ0) is 15.7. The van der Waals surface area contributed by atoms with Gasteiger partial charge in [0.25, 0.3) is 0 Å². The van der Waals surface area contributed by atoms with E-state index >= 15 is 0 Å². The molecular weight excluding hydrogens is 270 g/mol. The standard InChI is InChI=1S/C16H23NO4/c1-16(2,3)21-15(19)17-10-6-8-13-7-4-5-9-14(13)20-12-11-18/h4-9,18H,10-12H2,1-3H3,(H,17,19)/b8-6+. The van der Waals surface area contributed by atoms with E-state index in [1.807, 2.05) is 57.2 Å². The third-order valence-corrected chi connectivity index (χ3v) is 2.33. The minimum absolute atomic E-state index is 0.0295. The van der Waals surface area contributed by atoms with E-state index in [1.165, 1.54) is 0 Å². The van der Waals surface area contributed by atoms with Crippen molar-refractivity contribution in [3.8, 4) is 5.75 Å². The third-order valence-electron chi connectivity index (χ3n) is 2.33. The second kappa shape index (κ2) is 8.32. The second-order valence-electron chi connectivity index (χ2n) is 5.40. The highest BCUT2D eigenvalue weighted by Gasteiger charge is 2.14. The first kappa shape index (κ1) is 17.0. The summed E-state index contributed by atoms with van der Waals surface area (Å²) < 4.78 is 10.5. The Morgan fingerprint density at radius 3 is 2.71 bits per heavy atom. The Hall–Kier alpha value is -2.01. The number of para-hydroxylation sites is 1. The molecule has 0 aliphatic carbocycles. The van der Waals surface area contributed by atoms with Crippen LogP contribution in [0.25, 0.3) is 6.08 Å². The van der Waals surface area contributed by atoms with Crippen LogP contribution in [0.1, 0.15) is 26.3 Å². The topological polar surface area (TPSA) is 67.8 Å². The van der Waals surface area contributed by atoms with E-state index in [0.717, 1.165) is 5.56 Å². The van der Waals surface area contributed by atoms with Gasteiger partial charge in [-0.25, -0.2) is 4.79 Å². The Bertz CT molecular complexity index is 477. The van der Waals surface area contributed by atoms with Gasteiger partial charge in [0.2, 0.25) is 0 Å². The number of alkyl carbamates (subject to hydrolysis) is 1. The summed E-state index contributed by atoms with van der Waals surface area (Å²) in [5, 5.41) is 11.4. The van der Waals surface area contributed by atoms with Crippen molar-refractivity contribution in [1.29, 1.82) is 0 Å². The van der Waals surface area contributed by atoms with Gasteiger partial charge < -0.3 is 19.9 Å². The quantitative estimate of drug-likeness (QED) is 0.846. The van der Waals surface area contributed by atoms with Crippen molar-refractivity contribution >= 4 is 12.2 Å². The van der Waals surface area contributed by atoms with E-state index in [0.29, 0.717) is 12.3 Å². The minimum atomic E-state index is -0.501. The summed E-state index contributed by atoms with van der Waals surface area (Å²) in [5.41, 5.74) is 0.385. The molecule has 1 aromatic rings. The highest BCUT2D eigenvalue weighted by atomic mass is 16.6. The summed E-state index contributed by atoms with van der Waals surface area (Å²) in [6.45, 7) is 6.04. The Balaban J connectivity index is 2.48. The Morgan fingerprint density at radius 1 is 1.33 bits per heavy atom. The van der Waals surface area contributed by atoms with E-state index in [1.54, 1.807) is 0 Å². The molecule has 0 atom stereocenters. The van der Waals surface area contributed by atoms with Gasteiger partial charge in [0.05, 0.1) is 6.61 Å². The molecule has 5 heteroatoms. The van der Waals surface area contributed by atoms with Crippen molar-refractivity contribution in [1.82, 2.24) is 5.32 Å². The van der Waals surface area contributed by atoms with Crippen molar-refractivity contribution in [2.75, 3.05) is 19.8 Å². The first-order chi connectivity index (χ1) is 9.92. The summed E-state index contributed by atoms with van der Waals surface area (Å²) in [4.78, 5) is 11.5. The summed E-state index contributed by atoms with van der Waals surface area (Å²) in [7, 11) is 0. The van der Waals surface area contributed by atoms with Crippen LogP contribution in [0.2, 0.25) is 0 Å². The molecule has 0 spiro atoms. The van der Waals surface area contributed by atoms with Crippen molar-refractivity contribution in [2.24, 2.45) is 0 Å². The van der Waals surface area contributed by atoms with Crippen LogP contribution in [0.3, 0.4) is 0 Å². The van der Waals surface area contributed by atoms with E-state index < -0.39 is 11.7 Å². The zero-order valence-corrected chi connectivity index (χ0v) is 12.8. The zero-order valence-electron chi connectivity index (χ0n) is 12.8. The van der Waals surface area contributed by atoms with Gasteiger partial charge in [-0.2, -0.15) is 0 Å². The Morgan fingerprint density at radius 2 is 2.05 bits per heavy atom. The molecule has 5 nitrogen and oxygen atoms in total. The fraction of sp³-hybridized carbons (Fsp3) is 0.438. The highest BCUT2D eigenvalue weighted by molar-refractivity contribution is 5.68. The summed E-state index contributed by atoms with van der Waals surface area (Å²) in [6.07, 6.45) is 3.21. The molecule has 21 heavy (non-hydrogen) atoms. The molecule has 0 saturated heterocycles. The number of rotatable bonds is 6. The molecule has 0 aliphatic rings. The normalized spacial score (nSPS) is 11.4. The smallest absolute Gasteiger partial charge is 0.407 e. The van der Waals surface area contributed by atoms with Crippen LogP contribution in [0, 0.1) is 0 Å². The van der Waals surface area contributed by atoms with Crippen molar-refractivity contribution in [2.45, 2.75) is 26.4 Å². The molecular formula is C16H23NO4. The molecule has 0 saturated carbocycles. The van der Waals surface area contributed by atoms with Gasteiger partial charge in [0.1, 0.15) is 18.0 Å². The lowest BCUT2D eigenvalue weighted by Gasteiger charge is -2.19. The summed E-state index contributed by atoms with van der Waals surface area (Å²) >= 11 is 0. The maximum Gasteiger partial charge on any atom is 0.407 e. The molecule has 1 amide bonds. The van der Waals surface area contributed by atoms with E-state index in [4.69, 9.17) is 14.6 Å². The van der Waals surface area contributed by atoms with Gasteiger partial charge in [0.15, 0.2) is 0 Å². The molecule has 0 aliphatic heterocycles. The third kappa shape index (κ3) is 7.37. The predicted octanol–water partition coefficient (Wildman–Crippen LogP) is 2.60. The monoisotopic (exact) mass is 293 g/mol. The molecule has 2 N–H and O–H groups in total. The van der Waals surface area contributed by atoms with Crippen LogP contribution >= 0.6 is 0 Å². The number of hydrogen-bond donors (Lipinski definition) is 2. The maximum absolute atomic E-state index is 11.5. The van der Waals surface area contributed by atoms with Crippen LogP contribution in [-0.4, -0.2) is 36.6 Å². The molecule has 1 aromatic carbocycles. The lowest BCUT2D eigenvalue weighted by molar-refractivity contribution is 0.0534. The number of hydrogen-bond acceptors (Lipinski definition) is 4. The summed E-state index contributed by atoms with van der Waals surface area (Å²) in [6, 6.07) is 7.49. The lowest BCUT2D eigenvalue weighted by Crippen LogP contribution is -2.32. The van der Waals surface area contributed by atoms with Crippen molar-refractivity contribution < 1.29 is 19.4 Å². The number of aliphatic hydroxyl groups excluding tert-OH is 1. The number of amides is 1. The van der Waals surface area contributed by atoms with Gasteiger partial charge in [-0.1, -0.05) is 30.4 Å². The number of carbonyl (C=O) groups is 1.